The number of carbonyl (C=O) groups excluding carboxylic acids is 2. The fraction of sp³-hybridized carbons (Fsp3) is 0.375. The number of aromatic nitrogens is 3. The Morgan fingerprint density at radius 2 is 2.17 bits per heavy atom. The van der Waals surface area contributed by atoms with Crippen molar-refractivity contribution < 1.29 is 9.59 Å². The number of pyridine rings is 1. The van der Waals surface area contributed by atoms with Gasteiger partial charge in [0.1, 0.15) is 17.6 Å². The molecule has 0 aliphatic carbocycles. The standard InChI is InChI=1S/C16H20N6O2/c1-17-15(23)12-4-3-11(9-20-12)16(24)22-8-5-18-10-13(22)14-19-6-7-21(14)2/h3-4,6-7,9,13,18H,5,8,10H2,1-2H3,(H,17,23). The summed E-state index contributed by atoms with van der Waals surface area (Å²) in [6.45, 7) is 1.98. The maximum Gasteiger partial charge on any atom is 0.269 e. The Labute approximate surface area is 139 Å². The number of amides is 2. The van der Waals surface area contributed by atoms with E-state index in [1.807, 2.05) is 17.8 Å². The lowest BCUT2D eigenvalue weighted by Gasteiger charge is -2.35. The van der Waals surface area contributed by atoms with Crippen molar-refractivity contribution in [1.29, 1.82) is 0 Å². The molecule has 3 rings (SSSR count). The predicted molar refractivity (Wildman–Crippen MR) is 87.5 cm³/mol. The molecule has 24 heavy (non-hydrogen) atoms. The third-order valence-electron chi connectivity index (χ3n) is 4.13. The summed E-state index contributed by atoms with van der Waals surface area (Å²) in [5, 5.41) is 5.81. The van der Waals surface area contributed by atoms with Gasteiger partial charge in [0.05, 0.1) is 5.56 Å². The highest BCUT2D eigenvalue weighted by Crippen LogP contribution is 2.22. The molecule has 8 nitrogen and oxygen atoms in total. The van der Waals surface area contributed by atoms with Gasteiger partial charge in [-0.25, -0.2) is 4.98 Å². The summed E-state index contributed by atoms with van der Waals surface area (Å²) in [7, 11) is 3.46. The molecule has 0 spiro atoms. The number of hydrogen-bond acceptors (Lipinski definition) is 5. The molecule has 2 aromatic rings. The highest BCUT2D eigenvalue weighted by molar-refractivity contribution is 5.96. The first-order chi connectivity index (χ1) is 11.6. The molecule has 1 aliphatic heterocycles. The number of carbonyl (C=O) groups is 2. The van der Waals surface area contributed by atoms with Gasteiger partial charge in [-0.15, -0.1) is 0 Å². The van der Waals surface area contributed by atoms with Crippen LogP contribution in [0.25, 0.3) is 0 Å². The zero-order valence-electron chi connectivity index (χ0n) is 13.7. The second kappa shape index (κ2) is 6.79. The molecule has 0 saturated carbocycles. The third kappa shape index (κ3) is 3.00. The van der Waals surface area contributed by atoms with Crippen LogP contribution < -0.4 is 10.6 Å². The van der Waals surface area contributed by atoms with Crippen molar-refractivity contribution >= 4 is 11.8 Å². The first kappa shape index (κ1) is 16.1. The lowest BCUT2D eigenvalue weighted by atomic mass is 10.1. The zero-order valence-corrected chi connectivity index (χ0v) is 13.7. The van der Waals surface area contributed by atoms with Crippen LogP contribution in [-0.2, 0) is 7.05 Å². The zero-order chi connectivity index (χ0) is 17.1. The highest BCUT2D eigenvalue weighted by atomic mass is 16.2. The summed E-state index contributed by atoms with van der Waals surface area (Å²) in [5.74, 6) is 0.452. The molecule has 2 N–H and O–H groups in total. The maximum absolute atomic E-state index is 12.9. The smallest absolute Gasteiger partial charge is 0.269 e. The van der Waals surface area contributed by atoms with Crippen LogP contribution in [0.2, 0.25) is 0 Å². The minimum Gasteiger partial charge on any atom is -0.354 e. The first-order valence-corrected chi connectivity index (χ1v) is 7.79. The van der Waals surface area contributed by atoms with Crippen LogP contribution in [0.5, 0.6) is 0 Å². The quantitative estimate of drug-likeness (QED) is 0.825. The van der Waals surface area contributed by atoms with Gasteiger partial charge in [-0.1, -0.05) is 0 Å². The molecular formula is C16H20N6O2. The van der Waals surface area contributed by atoms with E-state index in [9.17, 15) is 9.59 Å². The number of rotatable bonds is 3. The van der Waals surface area contributed by atoms with E-state index in [4.69, 9.17) is 0 Å². The third-order valence-corrected chi connectivity index (χ3v) is 4.13. The van der Waals surface area contributed by atoms with E-state index in [0.717, 1.165) is 12.4 Å². The van der Waals surface area contributed by atoms with Crippen molar-refractivity contribution in [2.24, 2.45) is 7.05 Å². The van der Waals surface area contributed by atoms with Gasteiger partial charge in [0.15, 0.2) is 0 Å². The van der Waals surface area contributed by atoms with Crippen LogP contribution in [0, 0.1) is 0 Å². The van der Waals surface area contributed by atoms with Crippen molar-refractivity contribution in [1.82, 2.24) is 30.1 Å². The average Bonchev–Trinajstić information content (AvgIpc) is 3.06. The Morgan fingerprint density at radius 3 is 2.79 bits per heavy atom. The van der Waals surface area contributed by atoms with Gasteiger partial charge in [0.25, 0.3) is 11.8 Å². The van der Waals surface area contributed by atoms with Crippen molar-refractivity contribution in [3.63, 3.8) is 0 Å². The molecule has 126 valence electrons. The largest absolute Gasteiger partial charge is 0.354 e. The summed E-state index contributed by atoms with van der Waals surface area (Å²) in [6, 6.07) is 3.06. The fourth-order valence-corrected chi connectivity index (χ4v) is 2.82. The normalized spacial score (nSPS) is 17.6. The van der Waals surface area contributed by atoms with Crippen molar-refractivity contribution in [2.75, 3.05) is 26.7 Å². The predicted octanol–water partition coefficient (Wildman–Crippen LogP) is -0.0386. The average molecular weight is 328 g/mol. The van der Waals surface area contributed by atoms with Gasteiger partial charge in [-0.2, -0.15) is 0 Å². The van der Waals surface area contributed by atoms with Gasteiger partial charge in [-0.05, 0) is 12.1 Å². The number of nitrogens with one attached hydrogen (secondary N) is 2. The Balaban J connectivity index is 1.84. The van der Waals surface area contributed by atoms with Crippen LogP contribution in [-0.4, -0.2) is 57.9 Å². The van der Waals surface area contributed by atoms with E-state index in [2.05, 4.69) is 20.6 Å². The highest BCUT2D eigenvalue weighted by Gasteiger charge is 2.31. The minimum atomic E-state index is -0.276. The molecule has 0 bridgehead atoms. The summed E-state index contributed by atoms with van der Waals surface area (Å²) >= 11 is 0. The number of imidazole rings is 1. The van der Waals surface area contributed by atoms with Crippen molar-refractivity contribution in [2.45, 2.75) is 6.04 Å². The Hall–Kier alpha value is -2.74. The van der Waals surface area contributed by atoms with Crippen LogP contribution in [0.15, 0.2) is 30.7 Å². The number of aryl methyl sites for hydroxylation is 1. The number of hydrogen-bond donors (Lipinski definition) is 2. The van der Waals surface area contributed by atoms with Crippen molar-refractivity contribution in [3.05, 3.63) is 47.8 Å². The SMILES string of the molecule is CNC(=O)c1ccc(C(=O)N2CCNCC2c2nccn2C)cn1. The second-order valence-corrected chi connectivity index (χ2v) is 5.63. The molecule has 0 radical (unpaired) electrons. The molecule has 3 heterocycles. The van der Waals surface area contributed by atoms with E-state index in [1.165, 1.54) is 6.20 Å². The molecule has 2 amide bonds. The molecular weight excluding hydrogens is 308 g/mol. The van der Waals surface area contributed by atoms with E-state index < -0.39 is 0 Å². The molecule has 0 aromatic carbocycles. The molecule has 1 saturated heterocycles. The van der Waals surface area contributed by atoms with E-state index in [-0.39, 0.29) is 23.6 Å². The lowest BCUT2D eigenvalue weighted by Crippen LogP contribution is -2.49. The van der Waals surface area contributed by atoms with Gasteiger partial charge < -0.3 is 20.1 Å². The van der Waals surface area contributed by atoms with E-state index >= 15 is 0 Å². The summed E-state index contributed by atoms with van der Waals surface area (Å²) in [6.07, 6.45) is 5.04. The van der Waals surface area contributed by atoms with Crippen LogP contribution in [0.3, 0.4) is 0 Å². The maximum atomic E-state index is 12.9. The second-order valence-electron chi connectivity index (χ2n) is 5.63. The van der Waals surface area contributed by atoms with Gasteiger partial charge >= 0.3 is 0 Å². The number of nitrogens with zero attached hydrogens (tertiary/aromatic N) is 4. The number of piperazine rings is 1. The van der Waals surface area contributed by atoms with Crippen LogP contribution in [0.4, 0.5) is 0 Å². The Bertz CT molecular complexity index is 739. The van der Waals surface area contributed by atoms with E-state index in [1.54, 1.807) is 30.3 Å². The summed E-state index contributed by atoms with van der Waals surface area (Å²) in [4.78, 5) is 34.7. The van der Waals surface area contributed by atoms with Gasteiger partial charge in [0, 0.05) is 52.3 Å². The lowest BCUT2D eigenvalue weighted by molar-refractivity contribution is 0.0620. The molecule has 8 heteroatoms. The monoisotopic (exact) mass is 328 g/mol. The molecule has 1 unspecified atom stereocenters. The van der Waals surface area contributed by atoms with Gasteiger partial charge in [-0.3, -0.25) is 14.6 Å². The molecule has 1 fully saturated rings. The molecule has 1 aliphatic rings. The fourth-order valence-electron chi connectivity index (χ4n) is 2.82. The molecule has 2 aromatic heterocycles. The van der Waals surface area contributed by atoms with Crippen LogP contribution >= 0.6 is 0 Å². The summed E-state index contributed by atoms with van der Waals surface area (Å²) in [5.41, 5.74) is 0.749. The first-order valence-electron chi connectivity index (χ1n) is 7.79. The Kier molecular flexibility index (Phi) is 4.57. The van der Waals surface area contributed by atoms with Crippen molar-refractivity contribution in [3.8, 4) is 0 Å². The van der Waals surface area contributed by atoms with E-state index in [0.29, 0.717) is 18.7 Å². The Morgan fingerprint density at radius 1 is 1.33 bits per heavy atom. The molecule has 1 atom stereocenters. The topological polar surface area (TPSA) is 92.2 Å². The van der Waals surface area contributed by atoms with Crippen LogP contribution in [0.1, 0.15) is 32.7 Å². The van der Waals surface area contributed by atoms with Gasteiger partial charge in [0.2, 0.25) is 0 Å². The summed E-state index contributed by atoms with van der Waals surface area (Å²) < 4.78 is 1.92. The minimum absolute atomic E-state index is 0.111.